The molecule has 8 nitrogen and oxygen atoms in total. The molecule has 0 radical (unpaired) electrons. The van der Waals surface area contributed by atoms with Crippen LogP contribution in [-0.2, 0) is 16.1 Å². The van der Waals surface area contributed by atoms with Crippen LogP contribution < -0.4 is 15.6 Å². The molecule has 1 aromatic carbocycles. The highest BCUT2D eigenvalue weighted by Crippen LogP contribution is 2.23. The monoisotopic (exact) mass is 377 g/mol. The number of amides is 1. The largest absolute Gasteiger partial charge is 0.497 e. The Morgan fingerprint density at radius 2 is 2.00 bits per heavy atom. The highest BCUT2D eigenvalue weighted by atomic mass is 19.1. The minimum atomic E-state index is -1.17. The summed E-state index contributed by atoms with van der Waals surface area (Å²) in [5.74, 6) is -2.46. The van der Waals surface area contributed by atoms with Crippen molar-refractivity contribution < 1.29 is 23.8 Å². The summed E-state index contributed by atoms with van der Waals surface area (Å²) < 4.78 is 20.0. The molecule has 0 aliphatic heterocycles. The fourth-order valence-electron chi connectivity index (χ4n) is 2.41. The average Bonchev–Trinajstić information content (AvgIpc) is 2.61. The van der Waals surface area contributed by atoms with E-state index in [1.165, 1.54) is 25.3 Å². The Bertz CT molecular complexity index is 910. The first-order chi connectivity index (χ1) is 12.7. The summed E-state index contributed by atoms with van der Waals surface area (Å²) in [5, 5.41) is 15.5. The molecule has 1 amide bonds. The van der Waals surface area contributed by atoms with Crippen LogP contribution in [0.2, 0.25) is 0 Å². The van der Waals surface area contributed by atoms with Crippen LogP contribution in [0.25, 0.3) is 11.3 Å². The molecule has 0 unspecified atom stereocenters. The smallest absolute Gasteiger partial charge is 0.326 e. The van der Waals surface area contributed by atoms with Crippen LogP contribution in [0.15, 0.2) is 35.1 Å². The minimum absolute atomic E-state index is 0.135. The molecule has 1 heterocycles. The molecule has 0 aliphatic carbocycles. The molecular formula is C18H20FN3O5. The summed E-state index contributed by atoms with van der Waals surface area (Å²) >= 11 is 0. The van der Waals surface area contributed by atoms with E-state index >= 15 is 0 Å². The first kappa shape index (κ1) is 20.1. The van der Waals surface area contributed by atoms with Gasteiger partial charge >= 0.3 is 5.97 Å². The Balaban J connectivity index is 2.26. The zero-order chi connectivity index (χ0) is 20.1. The van der Waals surface area contributed by atoms with Crippen molar-refractivity contribution in [3.63, 3.8) is 0 Å². The molecule has 0 aliphatic rings. The van der Waals surface area contributed by atoms with E-state index in [2.05, 4.69) is 10.4 Å². The summed E-state index contributed by atoms with van der Waals surface area (Å²) in [6, 6.07) is 5.59. The lowest BCUT2D eigenvalue weighted by atomic mass is 10.1. The number of hydrogen-bond acceptors (Lipinski definition) is 5. The Hall–Kier alpha value is -3.23. The lowest BCUT2D eigenvalue weighted by Crippen LogP contribution is -2.46. The molecule has 0 spiro atoms. The molecule has 27 heavy (non-hydrogen) atoms. The summed E-state index contributed by atoms with van der Waals surface area (Å²) in [5.41, 5.74) is -0.281. The van der Waals surface area contributed by atoms with E-state index in [0.717, 1.165) is 10.7 Å². The van der Waals surface area contributed by atoms with Gasteiger partial charge in [-0.15, -0.1) is 0 Å². The number of carbonyl (C=O) groups excluding carboxylic acids is 1. The number of rotatable bonds is 7. The predicted molar refractivity (Wildman–Crippen MR) is 94.8 cm³/mol. The Morgan fingerprint density at radius 3 is 2.56 bits per heavy atom. The highest BCUT2D eigenvalue weighted by Gasteiger charge is 2.23. The van der Waals surface area contributed by atoms with Gasteiger partial charge in [0, 0.05) is 17.7 Å². The van der Waals surface area contributed by atoms with Crippen LogP contribution in [0.1, 0.15) is 13.8 Å². The first-order valence-corrected chi connectivity index (χ1v) is 8.17. The Kier molecular flexibility index (Phi) is 6.27. The summed E-state index contributed by atoms with van der Waals surface area (Å²) in [6.45, 7) is 2.81. The standard InChI is InChI=1S/C18H20FN3O5/c1-10(2)17(18(25)26)20-15(23)9-22-16(24)7-6-14(21-22)12-5-4-11(27-3)8-13(12)19/h4-8,10,17H,9H2,1-3H3,(H,20,23)(H,25,26)/t17-/m0/s1. The van der Waals surface area contributed by atoms with Crippen molar-refractivity contribution in [2.24, 2.45) is 5.92 Å². The zero-order valence-corrected chi connectivity index (χ0v) is 15.1. The van der Waals surface area contributed by atoms with Gasteiger partial charge < -0.3 is 15.2 Å². The number of hydrogen-bond donors (Lipinski definition) is 2. The van der Waals surface area contributed by atoms with Gasteiger partial charge in [-0.05, 0) is 24.1 Å². The van der Waals surface area contributed by atoms with E-state index < -0.39 is 35.8 Å². The third-order valence-corrected chi connectivity index (χ3v) is 3.86. The van der Waals surface area contributed by atoms with E-state index in [9.17, 15) is 18.8 Å². The molecule has 1 aromatic heterocycles. The molecule has 144 valence electrons. The van der Waals surface area contributed by atoms with Crippen molar-refractivity contribution in [3.8, 4) is 17.0 Å². The fourth-order valence-corrected chi connectivity index (χ4v) is 2.41. The second-order valence-corrected chi connectivity index (χ2v) is 6.19. The van der Waals surface area contributed by atoms with E-state index in [0.29, 0.717) is 5.75 Å². The normalized spacial score (nSPS) is 11.9. The van der Waals surface area contributed by atoms with Crippen molar-refractivity contribution in [3.05, 3.63) is 46.5 Å². The lowest BCUT2D eigenvalue weighted by molar-refractivity contribution is -0.143. The van der Waals surface area contributed by atoms with Crippen molar-refractivity contribution in [1.82, 2.24) is 15.1 Å². The number of nitrogens with one attached hydrogen (secondary N) is 1. The van der Waals surface area contributed by atoms with Crippen LogP contribution in [0.4, 0.5) is 4.39 Å². The van der Waals surface area contributed by atoms with Crippen molar-refractivity contribution in [2.75, 3.05) is 7.11 Å². The first-order valence-electron chi connectivity index (χ1n) is 8.17. The summed E-state index contributed by atoms with van der Waals surface area (Å²) in [6.07, 6.45) is 0. The number of carbonyl (C=O) groups is 2. The number of ether oxygens (including phenoxy) is 1. The second-order valence-electron chi connectivity index (χ2n) is 6.19. The SMILES string of the molecule is COc1ccc(-c2ccc(=O)n(CC(=O)N[C@H](C(=O)O)C(C)C)n2)c(F)c1. The fraction of sp³-hybridized carbons (Fsp3) is 0.333. The summed E-state index contributed by atoms with van der Waals surface area (Å²) in [7, 11) is 1.41. The average molecular weight is 377 g/mol. The molecule has 0 saturated heterocycles. The van der Waals surface area contributed by atoms with Crippen molar-refractivity contribution in [1.29, 1.82) is 0 Å². The number of aromatic nitrogens is 2. The molecule has 2 N–H and O–H groups in total. The van der Waals surface area contributed by atoms with Gasteiger partial charge in [-0.2, -0.15) is 5.10 Å². The Labute approximate surface area is 154 Å². The molecule has 2 aromatic rings. The number of halogens is 1. The quantitative estimate of drug-likeness (QED) is 0.752. The van der Waals surface area contributed by atoms with Gasteiger partial charge in [0.2, 0.25) is 5.91 Å². The number of nitrogens with zero attached hydrogens (tertiary/aromatic N) is 2. The van der Waals surface area contributed by atoms with Crippen LogP contribution >= 0.6 is 0 Å². The molecular weight excluding hydrogens is 357 g/mol. The maximum absolute atomic E-state index is 14.2. The van der Waals surface area contributed by atoms with Crippen molar-refractivity contribution in [2.45, 2.75) is 26.4 Å². The number of carboxylic acid groups (broad SMARTS) is 1. The molecule has 2 rings (SSSR count). The molecule has 0 fully saturated rings. The van der Waals surface area contributed by atoms with Gasteiger partial charge in [-0.3, -0.25) is 9.59 Å². The maximum Gasteiger partial charge on any atom is 0.326 e. The zero-order valence-electron chi connectivity index (χ0n) is 15.1. The van der Waals surface area contributed by atoms with Crippen LogP contribution in [-0.4, -0.2) is 39.9 Å². The van der Waals surface area contributed by atoms with Gasteiger partial charge in [-0.25, -0.2) is 13.9 Å². The van der Waals surface area contributed by atoms with Gasteiger partial charge in [0.15, 0.2) is 0 Å². The van der Waals surface area contributed by atoms with Crippen LogP contribution in [0, 0.1) is 11.7 Å². The third kappa shape index (κ3) is 4.90. The van der Waals surface area contributed by atoms with Gasteiger partial charge in [0.05, 0.1) is 12.8 Å². The number of carboxylic acids is 1. The van der Waals surface area contributed by atoms with Gasteiger partial charge in [0.25, 0.3) is 5.56 Å². The molecule has 0 saturated carbocycles. The lowest BCUT2D eigenvalue weighted by Gasteiger charge is -2.18. The van der Waals surface area contributed by atoms with E-state index in [1.54, 1.807) is 19.9 Å². The molecule has 9 heteroatoms. The third-order valence-electron chi connectivity index (χ3n) is 3.86. The number of methoxy groups -OCH3 is 1. The Morgan fingerprint density at radius 1 is 1.30 bits per heavy atom. The van der Waals surface area contributed by atoms with E-state index in [-0.39, 0.29) is 17.2 Å². The van der Waals surface area contributed by atoms with Gasteiger partial charge in [-0.1, -0.05) is 13.8 Å². The molecule has 1 atom stereocenters. The van der Waals surface area contributed by atoms with Crippen LogP contribution in [0.5, 0.6) is 5.75 Å². The van der Waals surface area contributed by atoms with Crippen LogP contribution in [0.3, 0.4) is 0 Å². The highest BCUT2D eigenvalue weighted by molar-refractivity contribution is 5.83. The van der Waals surface area contributed by atoms with Crippen molar-refractivity contribution >= 4 is 11.9 Å². The minimum Gasteiger partial charge on any atom is -0.497 e. The molecule has 0 bridgehead atoms. The topological polar surface area (TPSA) is 111 Å². The van der Waals surface area contributed by atoms with E-state index in [4.69, 9.17) is 9.84 Å². The number of aliphatic carboxylic acids is 1. The van der Waals surface area contributed by atoms with Gasteiger partial charge in [0.1, 0.15) is 24.2 Å². The summed E-state index contributed by atoms with van der Waals surface area (Å²) in [4.78, 5) is 35.3. The predicted octanol–water partition coefficient (Wildman–Crippen LogP) is 1.28. The second kappa shape index (κ2) is 8.43. The number of benzene rings is 1. The van der Waals surface area contributed by atoms with E-state index in [1.807, 2.05) is 0 Å². The maximum atomic E-state index is 14.2.